The molecule has 1 aliphatic heterocycles. The Hall–Kier alpha value is -0.950. The molecule has 6 nitrogen and oxygen atoms in total. The van der Waals surface area contributed by atoms with E-state index in [2.05, 4.69) is 0 Å². The first-order valence-corrected chi connectivity index (χ1v) is 8.74. The Kier molecular flexibility index (Phi) is 4.80. The summed E-state index contributed by atoms with van der Waals surface area (Å²) in [6, 6.07) is -0.260. The standard InChI is InChI=1S/C13H21NO5S/c1-2-19-13(16)9-20(17,18)14-8-4-6-11(14)10-5-3-7-12(10)15/h10-11H,2-9H2,1H3. The van der Waals surface area contributed by atoms with E-state index >= 15 is 0 Å². The maximum atomic E-state index is 12.3. The summed E-state index contributed by atoms with van der Waals surface area (Å²) < 4.78 is 30.7. The highest BCUT2D eigenvalue weighted by atomic mass is 32.2. The third-order valence-corrected chi connectivity index (χ3v) is 5.80. The molecular weight excluding hydrogens is 282 g/mol. The Balaban J connectivity index is 2.09. The molecule has 2 rings (SSSR count). The number of hydrogen-bond donors (Lipinski definition) is 0. The Morgan fingerprint density at radius 1 is 1.35 bits per heavy atom. The van der Waals surface area contributed by atoms with Gasteiger partial charge in [0.15, 0.2) is 5.75 Å². The van der Waals surface area contributed by atoms with Crippen LogP contribution in [-0.2, 0) is 24.3 Å². The van der Waals surface area contributed by atoms with Crippen LogP contribution in [0.3, 0.4) is 0 Å². The van der Waals surface area contributed by atoms with E-state index in [0.717, 1.165) is 19.3 Å². The predicted octanol–water partition coefficient (Wildman–Crippen LogP) is 0.713. The SMILES string of the molecule is CCOC(=O)CS(=O)(=O)N1CCCC1C1CCCC1=O. The molecule has 0 aromatic carbocycles. The van der Waals surface area contributed by atoms with E-state index in [1.54, 1.807) is 6.92 Å². The number of sulfonamides is 1. The van der Waals surface area contributed by atoms with Crippen LogP contribution in [0.1, 0.15) is 39.0 Å². The zero-order chi connectivity index (χ0) is 14.8. The minimum atomic E-state index is -3.68. The van der Waals surface area contributed by atoms with Gasteiger partial charge in [-0.25, -0.2) is 8.42 Å². The van der Waals surface area contributed by atoms with Crippen LogP contribution in [0, 0.1) is 5.92 Å². The van der Waals surface area contributed by atoms with Gasteiger partial charge in [0.2, 0.25) is 10.0 Å². The molecule has 7 heteroatoms. The maximum Gasteiger partial charge on any atom is 0.322 e. The van der Waals surface area contributed by atoms with Gasteiger partial charge in [0.1, 0.15) is 5.78 Å². The molecule has 1 saturated carbocycles. The molecule has 2 atom stereocenters. The molecule has 2 fully saturated rings. The molecule has 2 aliphatic rings. The number of carbonyl (C=O) groups excluding carboxylic acids is 2. The van der Waals surface area contributed by atoms with Crippen molar-refractivity contribution in [3.05, 3.63) is 0 Å². The van der Waals surface area contributed by atoms with Gasteiger partial charge >= 0.3 is 5.97 Å². The van der Waals surface area contributed by atoms with E-state index in [9.17, 15) is 18.0 Å². The quantitative estimate of drug-likeness (QED) is 0.699. The van der Waals surface area contributed by atoms with Crippen molar-refractivity contribution < 1.29 is 22.7 Å². The topological polar surface area (TPSA) is 80.8 Å². The van der Waals surface area contributed by atoms with Crippen molar-refractivity contribution in [1.82, 2.24) is 4.31 Å². The Morgan fingerprint density at radius 3 is 2.70 bits per heavy atom. The van der Waals surface area contributed by atoms with Gasteiger partial charge in [-0.05, 0) is 32.6 Å². The van der Waals surface area contributed by atoms with Crippen LogP contribution in [0.15, 0.2) is 0 Å². The Morgan fingerprint density at radius 2 is 2.10 bits per heavy atom. The largest absolute Gasteiger partial charge is 0.465 e. The van der Waals surface area contributed by atoms with E-state index in [1.165, 1.54) is 4.31 Å². The fourth-order valence-corrected chi connectivity index (χ4v) is 4.82. The van der Waals surface area contributed by atoms with Crippen molar-refractivity contribution in [2.24, 2.45) is 5.92 Å². The van der Waals surface area contributed by atoms with Crippen molar-refractivity contribution in [3.8, 4) is 0 Å². The van der Waals surface area contributed by atoms with E-state index in [-0.39, 0.29) is 24.3 Å². The number of rotatable bonds is 5. The summed E-state index contributed by atoms with van der Waals surface area (Å²) in [5, 5.41) is 0. The maximum absolute atomic E-state index is 12.3. The van der Waals surface area contributed by atoms with Crippen LogP contribution >= 0.6 is 0 Å². The highest BCUT2D eigenvalue weighted by Gasteiger charge is 2.43. The zero-order valence-corrected chi connectivity index (χ0v) is 12.5. The normalized spacial score (nSPS) is 27.9. The molecule has 114 valence electrons. The molecular formula is C13H21NO5S. The van der Waals surface area contributed by atoms with Crippen molar-refractivity contribution >= 4 is 21.8 Å². The summed E-state index contributed by atoms with van der Waals surface area (Å²) in [4.78, 5) is 23.3. The van der Waals surface area contributed by atoms with Crippen molar-refractivity contribution in [1.29, 1.82) is 0 Å². The molecule has 0 aromatic rings. The molecule has 1 saturated heterocycles. The second kappa shape index (κ2) is 6.22. The third-order valence-electron chi connectivity index (χ3n) is 4.03. The van der Waals surface area contributed by atoms with Crippen molar-refractivity contribution in [2.75, 3.05) is 18.9 Å². The lowest BCUT2D eigenvalue weighted by molar-refractivity contribution is -0.140. The van der Waals surface area contributed by atoms with Crippen molar-refractivity contribution in [3.63, 3.8) is 0 Å². The summed E-state index contributed by atoms with van der Waals surface area (Å²) in [5.74, 6) is -1.38. The van der Waals surface area contributed by atoms with Gasteiger partial charge in [-0.3, -0.25) is 9.59 Å². The summed E-state index contributed by atoms with van der Waals surface area (Å²) in [6.45, 7) is 2.20. The third kappa shape index (κ3) is 3.20. The molecule has 0 N–H and O–H groups in total. The number of ketones is 1. The molecule has 2 unspecified atom stereocenters. The second-order valence-corrected chi connectivity index (χ2v) is 7.27. The minimum Gasteiger partial charge on any atom is -0.465 e. The Bertz CT molecular complexity index is 487. The molecule has 1 heterocycles. The van der Waals surface area contributed by atoms with Gasteiger partial charge in [0.25, 0.3) is 0 Å². The predicted molar refractivity (Wildman–Crippen MR) is 72.5 cm³/mol. The zero-order valence-electron chi connectivity index (χ0n) is 11.7. The highest BCUT2D eigenvalue weighted by molar-refractivity contribution is 7.89. The Labute approximate surface area is 119 Å². The summed E-state index contributed by atoms with van der Waals surface area (Å²) in [7, 11) is -3.68. The first-order chi connectivity index (χ1) is 9.45. The fourth-order valence-electron chi connectivity index (χ4n) is 3.20. The summed E-state index contributed by atoms with van der Waals surface area (Å²) in [6.07, 6.45) is 3.60. The number of Topliss-reactive ketones (excluding diaryl/α,β-unsaturated/α-hetero) is 1. The number of esters is 1. The van der Waals surface area contributed by atoms with Crippen LogP contribution in [-0.4, -0.2) is 49.4 Å². The average molecular weight is 303 g/mol. The van der Waals surface area contributed by atoms with Crippen LogP contribution in [0.4, 0.5) is 0 Å². The van der Waals surface area contributed by atoms with Gasteiger partial charge in [-0.2, -0.15) is 4.31 Å². The van der Waals surface area contributed by atoms with Gasteiger partial charge in [0.05, 0.1) is 6.61 Å². The number of nitrogens with zero attached hydrogens (tertiary/aromatic N) is 1. The summed E-state index contributed by atoms with van der Waals surface area (Å²) >= 11 is 0. The van der Waals surface area contributed by atoms with E-state index in [0.29, 0.717) is 19.4 Å². The lowest BCUT2D eigenvalue weighted by atomic mass is 9.96. The average Bonchev–Trinajstić information content (AvgIpc) is 2.96. The molecule has 0 radical (unpaired) electrons. The van der Waals surface area contributed by atoms with Gasteiger partial charge < -0.3 is 4.74 Å². The lowest BCUT2D eigenvalue weighted by Crippen LogP contribution is -2.43. The molecule has 20 heavy (non-hydrogen) atoms. The minimum absolute atomic E-state index is 0.160. The van der Waals surface area contributed by atoms with Crippen LogP contribution < -0.4 is 0 Å². The van der Waals surface area contributed by atoms with Crippen LogP contribution in [0.25, 0.3) is 0 Å². The molecule has 1 aliphatic carbocycles. The number of carbonyl (C=O) groups is 2. The monoisotopic (exact) mass is 303 g/mol. The van der Waals surface area contributed by atoms with E-state index < -0.39 is 21.7 Å². The van der Waals surface area contributed by atoms with Gasteiger partial charge in [-0.1, -0.05) is 0 Å². The van der Waals surface area contributed by atoms with Gasteiger partial charge in [-0.15, -0.1) is 0 Å². The smallest absolute Gasteiger partial charge is 0.322 e. The first kappa shape index (κ1) is 15.4. The fraction of sp³-hybridized carbons (Fsp3) is 0.846. The first-order valence-electron chi connectivity index (χ1n) is 7.13. The van der Waals surface area contributed by atoms with Crippen molar-refractivity contribution in [2.45, 2.75) is 45.1 Å². The second-order valence-electron chi connectivity index (χ2n) is 5.35. The van der Waals surface area contributed by atoms with Crippen LogP contribution in [0.2, 0.25) is 0 Å². The molecule has 0 bridgehead atoms. The molecule has 0 spiro atoms. The number of hydrogen-bond acceptors (Lipinski definition) is 5. The highest BCUT2D eigenvalue weighted by Crippen LogP contribution is 2.34. The number of ether oxygens (including phenoxy) is 1. The van der Waals surface area contributed by atoms with Gasteiger partial charge in [0, 0.05) is 24.9 Å². The van der Waals surface area contributed by atoms with E-state index in [4.69, 9.17) is 4.74 Å². The molecule has 0 amide bonds. The van der Waals surface area contributed by atoms with E-state index in [1.807, 2.05) is 0 Å². The molecule has 0 aromatic heterocycles. The summed E-state index contributed by atoms with van der Waals surface area (Å²) in [5.41, 5.74) is 0. The van der Waals surface area contributed by atoms with Crippen LogP contribution in [0.5, 0.6) is 0 Å². The lowest BCUT2D eigenvalue weighted by Gasteiger charge is -2.27.